The Balaban J connectivity index is 2.68. The third-order valence-electron chi connectivity index (χ3n) is 4.75. The number of nitrogens with two attached hydrogens (primary N) is 1. The van der Waals surface area contributed by atoms with Crippen LogP contribution in [0.15, 0.2) is 0 Å². The average molecular weight is 346 g/mol. The average Bonchev–Trinajstić information content (AvgIpc) is 2.58. The fourth-order valence-corrected chi connectivity index (χ4v) is 3.12. The van der Waals surface area contributed by atoms with Gasteiger partial charge in [-0.15, -0.1) is 0 Å². The van der Waals surface area contributed by atoms with Crippen LogP contribution in [-0.4, -0.2) is 55.9 Å². The predicted molar refractivity (Wildman–Crippen MR) is 97.1 cm³/mol. The molecule has 5 heteroatoms. The van der Waals surface area contributed by atoms with Gasteiger partial charge in [-0.3, -0.25) is 0 Å². The van der Waals surface area contributed by atoms with Crippen LogP contribution in [0.3, 0.4) is 0 Å². The molecule has 1 aliphatic rings. The molecular formula is C19H39NO4. The molecule has 3 N–H and O–H groups in total. The molecule has 0 saturated heterocycles. The monoisotopic (exact) mass is 345 g/mol. The van der Waals surface area contributed by atoms with E-state index in [0.717, 1.165) is 45.1 Å². The summed E-state index contributed by atoms with van der Waals surface area (Å²) in [7, 11) is 0. The summed E-state index contributed by atoms with van der Waals surface area (Å²) in [6.07, 6.45) is 6.11. The summed E-state index contributed by atoms with van der Waals surface area (Å²) < 4.78 is 18.0. The normalized spacial score (nSPS) is 30.6. The number of hydrogen-bond donors (Lipinski definition) is 2. The highest BCUT2D eigenvalue weighted by atomic mass is 16.5. The van der Waals surface area contributed by atoms with Crippen LogP contribution >= 0.6 is 0 Å². The molecule has 0 amide bonds. The summed E-state index contributed by atoms with van der Waals surface area (Å²) in [5.41, 5.74) is 6.24. The van der Waals surface area contributed by atoms with E-state index < -0.39 is 6.10 Å². The van der Waals surface area contributed by atoms with Crippen molar-refractivity contribution in [3.63, 3.8) is 0 Å². The van der Waals surface area contributed by atoms with Gasteiger partial charge in [0.2, 0.25) is 0 Å². The Bertz CT molecular complexity index is 303. The van der Waals surface area contributed by atoms with Crippen LogP contribution in [0, 0.1) is 5.92 Å². The van der Waals surface area contributed by atoms with Gasteiger partial charge in [0.25, 0.3) is 0 Å². The summed E-state index contributed by atoms with van der Waals surface area (Å²) in [6, 6.07) is -0.389. The topological polar surface area (TPSA) is 73.9 Å². The van der Waals surface area contributed by atoms with Crippen molar-refractivity contribution in [2.45, 2.75) is 90.1 Å². The first-order valence-electron chi connectivity index (χ1n) is 9.90. The second kappa shape index (κ2) is 13.1. The van der Waals surface area contributed by atoms with Crippen LogP contribution in [0.4, 0.5) is 0 Å². The maximum atomic E-state index is 10.4. The van der Waals surface area contributed by atoms with Gasteiger partial charge in [-0.1, -0.05) is 40.0 Å². The molecule has 0 radical (unpaired) electrons. The van der Waals surface area contributed by atoms with Crippen LogP contribution in [0.5, 0.6) is 0 Å². The molecule has 0 spiro atoms. The van der Waals surface area contributed by atoms with Crippen LogP contribution in [0.1, 0.15) is 65.7 Å². The van der Waals surface area contributed by atoms with Gasteiger partial charge in [0, 0.05) is 25.7 Å². The maximum absolute atomic E-state index is 10.4. The van der Waals surface area contributed by atoms with Gasteiger partial charge in [0.15, 0.2) is 0 Å². The number of aliphatic hydroxyl groups is 1. The molecule has 0 aromatic rings. The van der Waals surface area contributed by atoms with Gasteiger partial charge >= 0.3 is 0 Å². The Morgan fingerprint density at radius 3 is 2.00 bits per heavy atom. The predicted octanol–water partition coefficient (Wildman–Crippen LogP) is 2.88. The quantitative estimate of drug-likeness (QED) is 0.502. The number of aliphatic hydroxyl groups excluding tert-OH is 1. The standard InChI is InChI=1S/C19H39NO4/c1-4-7-10-22-14-15-13-16(21)17(20)19(24-12-9-6-3)18(15)23-11-8-5-2/h15-19,21H,4-14,20H2,1-3H3/t15-,16-,17+,18-,19-/m1/s1. The van der Waals surface area contributed by atoms with E-state index in [1.165, 1.54) is 0 Å². The van der Waals surface area contributed by atoms with E-state index in [1.807, 2.05) is 0 Å². The molecule has 1 fully saturated rings. The van der Waals surface area contributed by atoms with E-state index >= 15 is 0 Å². The molecule has 1 saturated carbocycles. The van der Waals surface area contributed by atoms with Crippen molar-refractivity contribution in [2.75, 3.05) is 26.4 Å². The fraction of sp³-hybridized carbons (Fsp3) is 1.00. The second-order valence-corrected chi connectivity index (χ2v) is 6.95. The zero-order valence-corrected chi connectivity index (χ0v) is 15.9. The molecule has 0 aromatic carbocycles. The lowest BCUT2D eigenvalue weighted by molar-refractivity contribution is -0.161. The van der Waals surface area contributed by atoms with Gasteiger partial charge < -0.3 is 25.1 Å². The van der Waals surface area contributed by atoms with E-state index in [0.29, 0.717) is 26.2 Å². The number of ether oxygens (including phenoxy) is 3. The van der Waals surface area contributed by atoms with Gasteiger partial charge in [0.1, 0.15) is 6.10 Å². The Kier molecular flexibility index (Phi) is 11.9. The van der Waals surface area contributed by atoms with Crippen LogP contribution in [0.2, 0.25) is 0 Å². The molecule has 0 aromatic heterocycles. The van der Waals surface area contributed by atoms with Gasteiger partial charge in [-0.05, 0) is 25.7 Å². The lowest BCUT2D eigenvalue weighted by Crippen LogP contribution is -2.60. The van der Waals surface area contributed by atoms with E-state index in [-0.39, 0.29) is 24.2 Å². The third-order valence-corrected chi connectivity index (χ3v) is 4.75. The molecule has 1 rings (SSSR count). The minimum atomic E-state index is -0.553. The van der Waals surface area contributed by atoms with Gasteiger partial charge in [-0.2, -0.15) is 0 Å². The number of rotatable bonds is 13. The first kappa shape index (κ1) is 21.8. The van der Waals surface area contributed by atoms with Crippen molar-refractivity contribution in [1.82, 2.24) is 0 Å². The molecule has 0 unspecified atom stereocenters. The van der Waals surface area contributed by atoms with Crippen molar-refractivity contribution in [3.8, 4) is 0 Å². The molecule has 0 bridgehead atoms. The summed E-state index contributed by atoms with van der Waals surface area (Å²) in [5.74, 6) is 0.139. The minimum Gasteiger partial charge on any atom is -0.391 e. The summed E-state index contributed by atoms with van der Waals surface area (Å²) in [5, 5.41) is 10.4. The Hall–Kier alpha value is -0.200. The fourth-order valence-electron chi connectivity index (χ4n) is 3.12. The lowest BCUT2D eigenvalue weighted by Gasteiger charge is -2.43. The maximum Gasteiger partial charge on any atom is 0.102 e. The SMILES string of the molecule is CCCCOC[C@H]1C[C@@H](O)[C@H](N)[C@@H](OCCCC)[C@@H]1OCCCC. The van der Waals surface area contributed by atoms with E-state index in [4.69, 9.17) is 19.9 Å². The van der Waals surface area contributed by atoms with Crippen molar-refractivity contribution in [3.05, 3.63) is 0 Å². The largest absolute Gasteiger partial charge is 0.391 e. The van der Waals surface area contributed by atoms with Crippen LogP contribution in [-0.2, 0) is 14.2 Å². The summed E-state index contributed by atoms with van der Waals surface area (Å²) in [4.78, 5) is 0. The smallest absolute Gasteiger partial charge is 0.102 e. The molecule has 0 heterocycles. The Labute approximate surface area is 148 Å². The third kappa shape index (κ3) is 7.36. The van der Waals surface area contributed by atoms with Crippen LogP contribution < -0.4 is 5.73 Å². The molecule has 144 valence electrons. The zero-order valence-electron chi connectivity index (χ0n) is 15.9. The van der Waals surface area contributed by atoms with Crippen molar-refractivity contribution in [1.29, 1.82) is 0 Å². The summed E-state index contributed by atoms with van der Waals surface area (Å²) >= 11 is 0. The van der Waals surface area contributed by atoms with Crippen LogP contribution in [0.25, 0.3) is 0 Å². The molecule has 5 atom stereocenters. The minimum absolute atomic E-state index is 0.0894. The number of hydrogen-bond acceptors (Lipinski definition) is 5. The van der Waals surface area contributed by atoms with E-state index in [1.54, 1.807) is 0 Å². The molecule has 1 aliphatic carbocycles. The Morgan fingerprint density at radius 1 is 0.875 bits per heavy atom. The first-order chi connectivity index (χ1) is 11.7. The van der Waals surface area contributed by atoms with Crippen molar-refractivity contribution >= 4 is 0 Å². The molecule has 0 aliphatic heterocycles. The molecule has 5 nitrogen and oxygen atoms in total. The summed E-state index contributed by atoms with van der Waals surface area (Å²) in [6.45, 7) is 9.19. The van der Waals surface area contributed by atoms with Gasteiger partial charge in [-0.25, -0.2) is 0 Å². The Morgan fingerprint density at radius 2 is 1.42 bits per heavy atom. The highest BCUT2D eigenvalue weighted by Crippen LogP contribution is 2.30. The van der Waals surface area contributed by atoms with E-state index in [9.17, 15) is 5.11 Å². The molecular weight excluding hydrogens is 306 g/mol. The zero-order chi connectivity index (χ0) is 17.8. The second-order valence-electron chi connectivity index (χ2n) is 6.95. The highest BCUT2D eigenvalue weighted by molar-refractivity contribution is 4.97. The van der Waals surface area contributed by atoms with Crippen molar-refractivity contribution < 1.29 is 19.3 Å². The molecule has 24 heavy (non-hydrogen) atoms. The van der Waals surface area contributed by atoms with Crippen molar-refractivity contribution in [2.24, 2.45) is 11.7 Å². The highest BCUT2D eigenvalue weighted by Gasteiger charge is 2.44. The first-order valence-corrected chi connectivity index (χ1v) is 9.90. The number of unbranched alkanes of at least 4 members (excludes halogenated alkanes) is 3. The van der Waals surface area contributed by atoms with E-state index in [2.05, 4.69) is 20.8 Å². The van der Waals surface area contributed by atoms with Gasteiger partial charge in [0.05, 0.1) is 24.9 Å². The lowest BCUT2D eigenvalue weighted by atomic mass is 9.79.